The third-order valence-electron chi connectivity index (χ3n) is 1.22. The van der Waals surface area contributed by atoms with Crippen molar-refractivity contribution in [2.24, 2.45) is 0 Å². The SMILES string of the molecule is C1=C2CN1CN2.O=CO. The summed E-state index contributed by atoms with van der Waals surface area (Å²) in [6, 6.07) is 0. The number of hydrogen-bond acceptors (Lipinski definition) is 3. The minimum Gasteiger partial charge on any atom is -0.483 e. The van der Waals surface area contributed by atoms with Crippen molar-refractivity contribution < 1.29 is 9.90 Å². The summed E-state index contributed by atoms with van der Waals surface area (Å²) < 4.78 is 0. The van der Waals surface area contributed by atoms with E-state index in [2.05, 4.69) is 16.4 Å². The first-order chi connectivity index (χ1) is 4.36. The van der Waals surface area contributed by atoms with Crippen LogP contribution in [0.1, 0.15) is 0 Å². The average Bonchev–Trinajstić information content (AvgIpc) is 2.17. The lowest BCUT2D eigenvalue weighted by molar-refractivity contribution is -0.122. The Hall–Kier alpha value is -1.19. The fourth-order valence-electron chi connectivity index (χ4n) is 0.819. The first kappa shape index (κ1) is 5.94. The summed E-state index contributed by atoms with van der Waals surface area (Å²) in [7, 11) is 0. The lowest BCUT2D eigenvalue weighted by Gasteiger charge is -2.14. The smallest absolute Gasteiger partial charge is 0.290 e. The molecule has 1 saturated heterocycles. The van der Waals surface area contributed by atoms with Crippen molar-refractivity contribution in [1.82, 2.24) is 10.2 Å². The Morgan fingerprint density at radius 3 is 2.56 bits per heavy atom. The molecule has 3 aliphatic heterocycles. The Morgan fingerprint density at radius 2 is 2.44 bits per heavy atom. The summed E-state index contributed by atoms with van der Waals surface area (Å²) in [6.07, 6.45) is 2.14. The summed E-state index contributed by atoms with van der Waals surface area (Å²) in [4.78, 5) is 10.6. The Morgan fingerprint density at radius 1 is 1.89 bits per heavy atom. The van der Waals surface area contributed by atoms with Gasteiger partial charge in [-0.25, -0.2) is 0 Å². The maximum atomic E-state index is 8.36. The van der Waals surface area contributed by atoms with Gasteiger partial charge < -0.3 is 15.3 Å². The number of fused-ring (bicyclic) bond motifs is 1. The van der Waals surface area contributed by atoms with Gasteiger partial charge in [0, 0.05) is 11.9 Å². The van der Waals surface area contributed by atoms with Gasteiger partial charge in [0.05, 0.1) is 13.2 Å². The van der Waals surface area contributed by atoms with E-state index in [9.17, 15) is 0 Å². The zero-order chi connectivity index (χ0) is 6.69. The molecule has 2 bridgehead atoms. The molecular formula is C5H8N2O2. The molecule has 0 atom stereocenters. The van der Waals surface area contributed by atoms with Gasteiger partial charge >= 0.3 is 0 Å². The number of nitrogens with zero attached hydrogens (tertiary/aromatic N) is 1. The Bertz CT molecular complexity index is 140. The van der Waals surface area contributed by atoms with Crippen molar-refractivity contribution in [3.05, 3.63) is 11.9 Å². The molecule has 3 rings (SSSR count). The molecule has 3 heterocycles. The number of rotatable bonds is 0. The maximum absolute atomic E-state index is 8.36. The molecule has 0 radical (unpaired) electrons. The molecule has 50 valence electrons. The first-order valence-electron chi connectivity index (χ1n) is 2.63. The van der Waals surface area contributed by atoms with Crippen LogP contribution in [-0.2, 0) is 4.79 Å². The van der Waals surface area contributed by atoms with Crippen LogP contribution in [-0.4, -0.2) is 29.7 Å². The van der Waals surface area contributed by atoms with E-state index in [0.29, 0.717) is 0 Å². The van der Waals surface area contributed by atoms with Crippen molar-refractivity contribution >= 4 is 6.47 Å². The molecular weight excluding hydrogens is 120 g/mol. The first-order valence-corrected chi connectivity index (χ1v) is 2.63. The summed E-state index contributed by atoms with van der Waals surface area (Å²) >= 11 is 0. The van der Waals surface area contributed by atoms with E-state index in [1.54, 1.807) is 0 Å². The third-order valence-corrected chi connectivity index (χ3v) is 1.22. The van der Waals surface area contributed by atoms with Crippen LogP contribution >= 0.6 is 0 Å². The molecule has 0 amide bonds. The van der Waals surface area contributed by atoms with Gasteiger partial charge in [-0.3, -0.25) is 4.79 Å². The van der Waals surface area contributed by atoms with Crippen molar-refractivity contribution in [2.45, 2.75) is 0 Å². The second kappa shape index (κ2) is 2.39. The maximum Gasteiger partial charge on any atom is 0.290 e. The second-order valence-electron chi connectivity index (χ2n) is 1.84. The molecule has 4 heteroatoms. The van der Waals surface area contributed by atoms with Gasteiger partial charge in [-0.15, -0.1) is 0 Å². The molecule has 4 nitrogen and oxygen atoms in total. The van der Waals surface area contributed by atoms with Crippen molar-refractivity contribution in [1.29, 1.82) is 0 Å². The number of nitrogens with one attached hydrogen (secondary N) is 1. The highest BCUT2D eigenvalue weighted by atomic mass is 16.3. The van der Waals surface area contributed by atoms with Crippen LogP contribution in [0.4, 0.5) is 0 Å². The molecule has 0 aromatic carbocycles. The fourth-order valence-corrected chi connectivity index (χ4v) is 0.819. The average molecular weight is 128 g/mol. The number of carbonyl (C=O) groups is 1. The van der Waals surface area contributed by atoms with Crippen LogP contribution in [0.5, 0.6) is 0 Å². The molecule has 2 N–H and O–H groups in total. The van der Waals surface area contributed by atoms with Crippen LogP contribution in [0.25, 0.3) is 0 Å². The largest absolute Gasteiger partial charge is 0.483 e. The van der Waals surface area contributed by atoms with Crippen molar-refractivity contribution in [2.75, 3.05) is 13.2 Å². The topological polar surface area (TPSA) is 52.6 Å². The highest BCUT2D eigenvalue weighted by molar-refractivity contribution is 5.32. The highest BCUT2D eigenvalue weighted by Gasteiger charge is 2.21. The quantitative estimate of drug-likeness (QED) is 0.428. The Balaban J connectivity index is 0.000000120. The monoisotopic (exact) mass is 128 g/mol. The van der Waals surface area contributed by atoms with E-state index in [0.717, 1.165) is 6.67 Å². The van der Waals surface area contributed by atoms with Gasteiger partial charge in [-0.05, 0) is 0 Å². The van der Waals surface area contributed by atoms with E-state index in [-0.39, 0.29) is 6.47 Å². The third kappa shape index (κ3) is 1.13. The van der Waals surface area contributed by atoms with Gasteiger partial charge in [-0.2, -0.15) is 0 Å². The molecule has 0 saturated carbocycles. The zero-order valence-corrected chi connectivity index (χ0v) is 4.87. The minimum atomic E-state index is -0.250. The van der Waals surface area contributed by atoms with Crippen LogP contribution in [0.3, 0.4) is 0 Å². The normalized spacial score (nSPS) is 18.2. The van der Waals surface area contributed by atoms with Crippen molar-refractivity contribution in [3.63, 3.8) is 0 Å². The number of hydrogen-bond donors (Lipinski definition) is 2. The molecule has 0 aliphatic carbocycles. The lowest BCUT2D eigenvalue weighted by Crippen LogP contribution is -2.17. The van der Waals surface area contributed by atoms with Crippen LogP contribution in [0.15, 0.2) is 11.9 Å². The Kier molecular flexibility index (Phi) is 1.58. The molecule has 0 unspecified atom stereocenters. The van der Waals surface area contributed by atoms with E-state index < -0.39 is 0 Å². The van der Waals surface area contributed by atoms with Gasteiger partial charge in [0.25, 0.3) is 6.47 Å². The molecule has 0 aromatic heterocycles. The molecule has 9 heavy (non-hydrogen) atoms. The molecule has 0 aromatic rings. The summed E-state index contributed by atoms with van der Waals surface area (Å²) in [5.74, 6) is 0. The van der Waals surface area contributed by atoms with Gasteiger partial charge in [-0.1, -0.05) is 0 Å². The van der Waals surface area contributed by atoms with Gasteiger partial charge in [0.2, 0.25) is 0 Å². The standard InChI is InChI=1S/C4H6N2.CH2O2/c1-4-2-6(1)3-5-4;2-1-3/h1,5H,2-3H2;1H,(H,2,3). The van der Waals surface area contributed by atoms with E-state index in [1.165, 1.54) is 12.2 Å². The minimum absolute atomic E-state index is 0.250. The zero-order valence-electron chi connectivity index (χ0n) is 4.87. The fraction of sp³-hybridized carbons (Fsp3) is 0.400. The predicted molar refractivity (Wildman–Crippen MR) is 31.5 cm³/mol. The molecule has 3 aliphatic rings. The molecule has 1 fully saturated rings. The lowest BCUT2D eigenvalue weighted by atomic mass is 10.4. The second-order valence-corrected chi connectivity index (χ2v) is 1.84. The summed E-state index contributed by atoms with van der Waals surface area (Å²) in [5.41, 5.74) is 1.40. The summed E-state index contributed by atoms with van der Waals surface area (Å²) in [6.45, 7) is 1.97. The summed E-state index contributed by atoms with van der Waals surface area (Å²) in [5, 5.41) is 10.1. The van der Waals surface area contributed by atoms with E-state index in [4.69, 9.17) is 9.90 Å². The molecule has 0 spiro atoms. The van der Waals surface area contributed by atoms with E-state index in [1.807, 2.05) is 0 Å². The van der Waals surface area contributed by atoms with Crippen LogP contribution in [0, 0.1) is 0 Å². The Labute approximate surface area is 52.8 Å². The number of carboxylic acid groups (broad SMARTS) is 1. The van der Waals surface area contributed by atoms with Gasteiger partial charge in [0.15, 0.2) is 0 Å². The van der Waals surface area contributed by atoms with Crippen molar-refractivity contribution in [3.8, 4) is 0 Å². The van der Waals surface area contributed by atoms with Gasteiger partial charge in [0.1, 0.15) is 0 Å². The van der Waals surface area contributed by atoms with E-state index >= 15 is 0 Å². The van der Waals surface area contributed by atoms with Crippen LogP contribution in [0.2, 0.25) is 0 Å². The highest BCUT2D eigenvalue weighted by Crippen LogP contribution is 2.14. The van der Waals surface area contributed by atoms with Crippen LogP contribution < -0.4 is 5.32 Å². The predicted octanol–water partition coefficient (Wildman–Crippen LogP) is -0.595.